The molecular formula is C19H26. The van der Waals surface area contributed by atoms with E-state index >= 15 is 0 Å². The van der Waals surface area contributed by atoms with E-state index in [4.69, 9.17) is 0 Å². The molecular weight excluding hydrogens is 228 g/mol. The maximum atomic E-state index is 2.60. The molecule has 6 atom stereocenters. The van der Waals surface area contributed by atoms with Gasteiger partial charge >= 0.3 is 0 Å². The second-order valence-corrected chi connectivity index (χ2v) is 7.67. The second-order valence-electron chi connectivity index (χ2n) is 7.67. The molecule has 0 unspecified atom stereocenters. The first-order chi connectivity index (χ1) is 9.20. The molecule has 0 nitrogen and oxygen atoms in total. The Morgan fingerprint density at radius 2 is 2.00 bits per heavy atom. The van der Waals surface area contributed by atoms with E-state index in [1.54, 1.807) is 5.57 Å². The molecule has 0 amide bonds. The monoisotopic (exact) mass is 254 g/mol. The molecule has 0 aliphatic heterocycles. The molecule has 19 heavy (non-hydrogen) atoms. The van der Waals surface area contributed by atoms with Gasteiger partial charge in [0.2, 0.25) is 0 Å². The van der Waals surface area contributed by atoms with Crippen molar-refractivity contribution in [2.75, 3.05) is 0 Å². The van der Waals surface area contributed by atoms with Gasteiger partial charge in [0.1, 0.15) is 0 Å². The molecule has 0 aromatic carbocycles. The Kier molecular flexibility index (Phi) is 2.59. The molecule has 102 valence electrons. The van der Waals surface area contributed by atoms with Crippen LogP contribution in [0.4, 0.5) is 0 Å². The van der Waals surface area contributed by atoms with Crippen molar-refractivity contribution in [2.24, 2.45) is 35.0 Å². The van der Waals surface area contributed by atoms with Gasteiger partial charge in [-0.2, -0.15) is 0 Å². The summed E-state index contributed by atoms with van der Waals surface area (Å²) >= 11 is 0. The summed E-state index contributed by atoms with van der Waals surface area (Å²) in [5.74, 6) is 4.59. The molecule has 2 fully saturated rings. The molecule has 4 rings (SSSR count). The zero-order valence-corrected chi connectivity index (χ0v) is 12.3. The Labute approximate surface area is 117 Å². The fourth-order valence-electron chi connectivity index (χ4n) is 5.80. The van der Waals surface area contributed by atoms with E-state index < -0.39 is 0 Å². The first-order valence-electron chi connectivity index (χ1n) is 8.25. The topological polar surface area (TPSA) is 0 Å². The highest BCUT2D eigenvalue weighted by atomic mass is 14.6. The van der Waals surface area contributed by atoms with E-state index in [9.17, 15) is 0 Å². The maximum Gasteiger partial charge on any atom is 0.00490 e. The van der Waals surface area contributed by atoms with Gasteiger partial charge in [0, 0.05) is 5.92 Å². The van der Waals surface area contributed by atoms with E-state index in [0.29, 0.717) is 5.41 Å². The fraction of sp³-hybridized carbons (Fsp3) is 0.684. The number of allylic oxidation sites excluding steroid dienone is 6. The lowest BCUT2D eigenvalue weighted by Crippen LogP contribution is -2.44. The third-order valence-corrected chi connectivity index (χ3v) is 7.16. The van der Waals surface area contributed by atoms with Gasteiger partial charge in [-0.25, -0.2) is 0 Å². The van der Waals surface area contributed by atoms with Gasteiger partial charge in [0.15, 0.2) is 0 Å². The minimum Gasteiger partial charge on any atom is -0.0804 e. The Bertz CT molecular complexity index is 466. The molecule has 0 heterocycles. The molecule has 0 radical (unpaired) electrons. The van der Waals surface area contributed by atoms with E-state index in [1.807, 2.05) is 0 Å². The summed E-state index contributed by atoms with van der Waals surface area (Å²) in [7, 11) is 0. The average molecular weight is 254 g/mol. The SMILES string of the molecule is C[C@@H]1CC[C@H]2[C@@H]3CC=C4C=CC=C[C@@H]4[C@H]3CC[C@]12C. The summed E-state index contributed by atoms with van der Waals surface area (Å²) in [6.07, 6.45) is 19.1. The van der Waals surface area contributed by atoms with E-state index in [2.05, 4.69) is 44.2 Å². The smallest absolute Gasteiger partial charge is 0.00490 e. The average Bonchev–Trinajstić information content (AvgIpc) is 2.75. The standard InChI is InChI=1S/C19H26/c1-13-7-10-18-17-9-8-14-5-3-4-6-15(14)16(17)11-12-19(13,18)2/h3-6,8,13,15-18H,7,9-12H2,1-2H3/t13-,15+,16-,17-,18+,19-/m1/s1. The predicted molar refractivity (Wildman–Crippen MR) is 80.7 cm³/mol. The zero-order valence-electron chi connectivity index (χ0n) is 12.3. The van der Waals surface area contributed by atoms with Crippen LogP contribution in [0.2, 0.25) is 0 Å². The van der Waals surface area contributed by atoms with Crippen LogP contribution in [0.25, 0.3) is 0 Å². The highest BCUT2D eigenvalue weighted by Crippen LogP contribution is 2.62. The van der Waals surface area contributed by atoms with Crippen molar-refractivity contribution < 1.29 is 0 Å². The van der Waals surface area contributed by atoms with Crippen molar-refractivity contribution >= 4 is 0 Å². The van der Waals surface area contributed by atoms with Crippen LogP contribution in [-0.4, -0.2) is 0 Å². The summed E-state index contributed by atoms with van der Waals surface area (Å²) in [5, 5.41) is 0. The summed E-state index contributed by atoms with van der Waals surface area (Å²) < 4.78 is 0. The molecule has 0 bridgehead atoms. The fourth-order valence-corrected chi connectivity index (χ4v) is 5.80. The Morgan fingerprint density at radius 1 is 1.11 bits per heavy atom. The molecule has 2 saturated carbocycles. The molecule has 0 spiro atoms. The van der Waals surface area contributed by atoms with Crippen molar-refractivity contribution in [1.29, 1.82) is 0 Å². The van der Waals surface area contributed by atoms with Crippen LogP contribution in [0, 0.1) is 35.0 Å². The van der Waals surface area contributed by atoms with E-state index in [0.717, 1.165) is 29.6 Å². The number of hydrogen-bond acceptors (Lipinski definition) is 0. The van der Waals surface area contributed by atoms with Crippen molar-refractivity contribution in [2.45, 2.75) is 46.0 Å². The summed E-state index contributed by atoms with van der Waals surface area (Å²) in [6.45, 7) is 5.11. The van der Waals surface area contributed by atoms with Gasteiger partial charge in [-0.05, 0) is 66.8 Å². The second kappa shape index (κ2) is 4.11. The molecule has 4 aliphatic carbocycles. The van der Waals surface area contributed by atoms with Gasteiger partial charge < -0.3 is 0 Å². The maximum absolute atomic E-state index is 2.60. The van der Waals surface area contributed by atoms with Crippen LogP contribution >= 0.6 is 0 Å². The van der Waals surface area contributed by atoms with Gasteiger partial charge in [-0.15, -0.1) is 0 Å². The quantitative estimate of drug-likeness (QED) is 0.561. The minimum absolute atomic E-state index is 0.654. The van der Waals surface area contributed by atoms with Crippen LogP contribution < -0.4 is 0 Å². The Hall–Kier alpha value is -0.780. The van der Waals surface area contributed by atoms with E-state index in [1.165, 1.54) is 32.1 Å². The molecule has 4 aliphatic rings. The molecule has 0 saturated heterocycles. The zero-order chi connectivity index (χ0) is 13.0. The summed E-state index contributed by atoms with van der Waals surface area (Å²) in [4.78, 5) is 0. The normalized spacial score (nSPS) is 51.3. The highest BCUT2D eigenvalue weighted by Gasteiger charge is 2.53. The van der Waals surface area contributed by atoms with Gasteiger partial charge in [-0.1, -0.05) is 44.2 Å². The van der Waals surface area contributed by atoms with Crippen molar-refractivity contribution in [1.82, 2.24) is 0 Å². The van der Waals surface area contributed by atoms with Crippen molar-refractivity contribution in [3.8, 4) is 0 Å². The van der Waals surface area contributed by atoms with Crippen LogP contribution in [-0.2, 0) is 0 Å². The summed E-state index contributed by atoms with van der Waals surface area (Å²) in [5.41, 5.74) is 2.26. The summed E-state index contributed by atoms with van der Waals surface area (Å²) in [6, 6.07) is 0. The minimum atomic E-state index is 0.654. The first kappa shape index (κ1) is 12.0. The lowest BCUT2D eigenvalue weighted by atomic mass is 9.53. The number of fused-ring (bicyclic) bond motifs is 5. The van der Waals surface area contributed by atoms with Gasteiger partial charge in [0.05, 0.1) is 0 Å². The Balaban J connectivity index is 1.68. The Morgan fingerprint density at radius 3 is 2.89 bits per heavy atom. The lowest BCUT2D eigenvalue weighted by Gasteiger charge is -2.52. The predicted octanol–water partition coefficient (Wildman–Crippen LogP) is 5.14. The van der Waals surface area contributed by atoms with E-state index in [-0.39, 0.29) is 0 Å². The van der Waals surface area contributed by atoms with Crippen molar-refractivity contribution in [3.05, 3.63) is 36.0 Å². The lowest BCUT2D eigenvalue weighted by molar-refractivity contribution is 0.00365. The van der Waals surface area contributed by atoms with Crippen LogP contribution in [0.15, 0.2) is 36.0 Å². The first-order valence-corrected chi connectivity index (χ1v) is 8.25. The number of hydrogen-bond donors (Lipinski definition) is 0. The van der Waals surface area contributed by atoms with Crippen LogP contribution in [0.3, 0.4) is 0 Å². The molecule has 0 aromatic rings. The highest BCUT2D eigenvalue weighted by molar-refractivity contribution is 5.36. The third-order valence-electron chi connectivity index (χ3n) is 7.16. The van der Waals surface area contributed by atoms with Crippen molar-refractivity contribution in [3.63, 3.8) is 0 Å². The van der Waals surface area contributed by atoms with Gasteiger partial charge in [0.25, 0.3) is 0 Å². The van der Waals surface area contributed by atoms with Gasteiger partial charge in [-0.3, -0.25) is 0 Å². The molecule has 0 N–H and O–H groups in total. The number of rotatable bonds is 0. The largest absolute Gasteiger partial charge is 0.0804 e. The third kappa shape index (κ3) is 1.58. The van der Waals surface area contributed by atoms with Crippen LogP contribution in [0.5, 0.6) is 0 Å². The molecule has 0 heteroatoms. The molecule has 0 aromatic heterocycles. The van der Waals surface area contributed by atoms with Crippen LogP contribution in [0.1, 0.15) is 46.0 Å².